The normalized spacial score (nSPS) is 11.9. The Morgan fingerprint density at radius 3 is 2.56 bits per heavy atom. The molecule has 0 aromatic carbocycles. The molecule has 0 N–H and O–H groups in total. The van der Waals surface area contributed by atoms with Crippen LogP contribution in [0.1, 0.15) is 46.0 Å². The molecule has 0 radical (unpaired) electrons. The SMILES string of the molecule is C=CCCCCCC(=O)C(C)C(=O)OCC. The lowest BCUT2D eigenvalue weighted by atomic mass is 10.0. The molecule has 0 saturated carbocycles. The van der Waals surface area contributed by atoms with Crippen LogP contribution in [-0.4, -0.2) is 18.4 Å². The highest BCUT2D eigenvalue weighted by Crippen LogP contribution is 2.09. The topological polar surface area (TPSA) is 43.4 Å². The van der Waals surface area contributed by atoms with Crippen molar-refractivity contribution >= 4 is 11.8 Å². The smallest absolute Gasteiger partial charge is 0.316 e. The standard InChI is InChI=1S/C13H22O3/c1-4-6-7-8-9-10-12(14)11(3)13(15)16-5-2/h4,11H,1,5-10H2,2-3H3. The fraction of sp³-hybridized carbons (Fsp3) is 0.692. The van der Waals surface area contributed by atoms with E-state index < -0.39 is 11.9 Å². The number of hydrogen-bond donors (Lipinski definition) is 0. The maximum absolute atomic E-state index is 11.6. The zero-order chi connectivity index (χ0) is 12.4. The van der Waals surface area contributed by atoms with Gasteiger partial charge in [0.05, 0.1) is 6.61 Å². The van der Waals surface area contributed by atoms with E-state index in [9.17, 15) is 9.59 Å². The molecule has 0 bridgehead atoms. The van der Waals surface area contributed by atoms with Crippen molar-refractivity contribution in [2.75, 3.05) is 6.61 Å². The van der Waals surface area contributed by atoms with Crippen molar-refractivity contribution in [3.05, 3.63) is 12.7 Å². The molecule has 0 spiro atoms. The van der Waals surface area contributed by atoms with Gasteiger partial charge in [-0.1, -0.05) is 12.5 Å². The minimum atomic E-state index is -0.612. The monoisotopic (exact) mass is 226 g/mol. The van der Waals surface area contributed by atoms with E-state index in [4.69, 9.17) is 4.74 Å². The molecule has 0 aliphatic carbocycles. The molecule has 0 aliphatic heterocycles. The lowest BCUT2D eigenvalue weighted by Crippen LogP contribution is -2.23. The van der Waals surface area contributed by atoms with E-state index in [0.29, 0.717) is 13.0 Å². The fourth-order valence-electron chi connectivity index (χ4n) is 1.38. The van der Waals surface area contributed by atoms with Crippen molar-refractivity contribution in [2.45, 2.75) is 46.0 Å². The van der Waals surface area contributed by atoms with Gasteiger partial charge in [0.1, 0.15) is 11.7 Å². The predicted octanol–water partition coefficient (Wildman–Crippen LogP) is 2.89. The summed E-state index contributed by atoms with van der Waals surface area (Å²) in [6.45, 7) is 7.32. The van der Waals surface area contributed by atoms with Crippen molar-refractivity contribution < 1.29 is 14.3 Å². The minimum absolute atomic E-state index is 0.0166. The Kier molecular flexibility index (Phi) is 8.49. The summed E-state index contributed by atoms with van der Waals surface area (Å²) in [5.41, 5.74) is 0. The third-order valence-electron chi connectivity index (χ3n) is 2.45. The van der Waals surface area contributed by atoms with Gasteiger partial charge in [-0.05, 0) is 33.1 Å². The van der Waals surface area contributed by atoms with E-state index in [-0.39, 0.29) is 5.78 Å². The van der Waals surface area contributed by atoms with Gasteiger partial charge in [-0.2, -0.15) is 0 Å². The minimum Gasteiger partial charge on any atom is -0.465 e. The maximum Gasteiger partial charge on any atom is 0.316 e. The van der Waals surface area contributed by atoms with Crippen molar-refractivity contribution in [3.63, 3.8) is 0 Å². The van der Waals surface area contributed by atoms with Gasteiger partial charge in [-0.25, -0.2) is 0 Å². The van der Waals surface area contributed by atoms with Gasteiger partial charge in [-0.3, -0.25) is 9.59 Å². The lowest BCUT2D eigenvalue weighted by molar-refractivity contribution is -0.150. The Morgan fingerprint density at radius 1 is 1.31 bits per heavy atom. The summed E-state index contributed by atoms with van der Waals surface area (Å²) in [5.74, 6) is -1.03. The summed E-state index contributed by atoms with van der Waals surface area (Å²) in [6.07, 6.45) is 6.25. The third kappa shape index (κ3) is 6.38. The molecule has 0 heterocycles. The van der Waals surface area contributed by atoms with Gasteiger partial charge in [0.15, 0.2) is 0 Å². The van der Waals surface area contributed by atoms with Crippen LogP contribution in [0.4, 0.5) is 0 Å². The number of unbranched alkanes of at least 4 members (excludes halogenated alkanes) is 3. The van der Waals surface area contributed by atoms with Crippen molar-refractivity contribution in [1.29, 1.82) is 0 Å². The number of allylic oxidation sites excluding steroid dienone is 1. The molecule has 0 fully saturated rings. The molecular weight excluding hydrogens is 204 g/mol. The van der Waals surface area contributed by atoms with E-state index in [1.807, 2.05) is 6.08 Å². The zero-order valence-electron chi connectivity index (χ0n) is 10.3. The molecule has 0 rings (SSSR count). The molecular formula is C13H22O3. The summed E-state index contributed by atoms with van der Waals surface area (Å²) >= 11 is 0. The van der Waals surface area contributed by atoms with Crippen LogP contribution in [0.2, 0.25) is 0 Å². The van der Waals surface area contributed by atoms with Crippen molar-refractivity contribution in [2.24, 2.45) is 5.92 Å². The highest BCUT2D eigenvalue weighted by molar-refractivity contribution is 5.98. The maximum atomic E-state index is 11.6. The third-order valence-corrected chi connectivity index (χ3v) is 2.45. The molecule has 0 saturated heterocycles. The van der Waals surface area contributed by atoms with Crippen LogP contribution in [0.3, 0.4) is 0 Å². The summed E-state index contributed by atoms with van der Waals surface area (Å²) in [5, 5.41) is 0. The summed E-state index contributed by atoms with van der Waals surface area (Å²) < 4.78 is 4.80. The van der Waals surface area contributed by atoms with Crippen molar-refractivity contribution in [1.82, 2.24) is 0 Å². The van der Waals surface area contributed by atoms with E-state index in [1.54, 1.807) is 13.8 Å². The number of carbonyl (C=O) groups excluding carboxylic acids is 2. The van der Waals surface area contributed by atoms with E-state index >= 15 is 0 Å². The number of hydrogen-bond acceptors (Lipinski definition) is 3. The average molecular weight is 226 g/mol. The Hall–Kier alpha value is -1.12. The molecule has 3 nitrogen and oxygen atoms in total. The van der Waals surface area contributed by atoms with Crippen LogP contribution in [0.5, 0.6) is 0 Å². The predicted molar refractivity (Wildman–Crippen MR) is 64.1 cm³/mol. The number of ketones is 1. The number of Topliss-reactive ketones (excluding diaryl/α,β-unsaturated/α-hetero) is 1. The van der Waals surface area contributed by atoms with Crippen LogP contribution in [0.15, 0.2) is 12.7 Å². The first-order valence-corrected chi connectivity index (χ1v) is 5.93. The Morgan fingerprint density at radius 2 is 2.00 bits per heavy atom. The van der Waals surface area contributed by atoms with E-state index in [0.717, 1.165) is 25.7 Å². The van der Waals surface area contributed by atoms with Gasteiger partial charge >= 0.3 is 5.97 Å². The van der Waals surface area contributed by atoms with Gasteiger partial charge < -0.3 is 4.74 Å². The van der Waals surface area contributed by atoms with Crippen LogP contribution >= 0.6 is 0 Å². The highest BCUT2D eigenvalue weighted by Gasteiger charge is 2.21. The molecule has 0 amide bonds. The Balaban J connectivity index is 3.70. The number of rotatable bonds is 9. The zero-order valence-corrected chi connectivity index (χ0v) is 10.3. The highest BCUT2D eigenvalue weighted by atomic mass is 16.5. The largest absolute Gasteiger partial charge is 0.465 e. The second kappa shape index (κ2) is 9.13. The quantitative estimate of drug-likeness (QED) is 0.263. The van der Waals surface area contributed by atoms with Crippen LogP contribution < -0.4 is 0 Å². The summed E-state index contributed by atoms with van der Waals surface area (Å²) in [6, 6.07) is 0. The molecule has 0 aliphatic rings. The molecule has 3 heteroatoms. The van der Waals surface area contributed by atoms with Gasteiger partial charge in [0.2, 0.25) is 0 Å². The second-order valence-electron chi connectivity index (χ2n) is 3.83. The number of ether oxygens (including phenoxy) is 1. The van der Waals surface area contributed by atoms with E-state index in [1.165, 1.54) is 0 Å². The average Bonchev–Trinajstić information content (AvgIpc) is 2.27. The molecule has 92 valence electrons. The van der Waals surface area contributed by atoms with Crippen molar-refractivity contribution in [3.8, 4) is 0 Å². The van der Waals surface area contributed by atoms with Gasteiger partial charge in [0.25, 0.3) is 0 Å². The molecule has 0 aromatic rings. The second-order valence-corrected chi connectivity index (χ2v) is 3.83. The molecule has 0 aromatic heterocycles. The first kappa shape index (κ1) is 14.9. The van der Waals surface area contributed by atoms with Crippen LogP contribution in [0, 0.1) is 5.92 Å². The lowest BCUT2D eigenvalue weighted by Gasteiger charge is -2.08. The molecule has 1 unspecified atom stereocenters. The first-order valence-electron chi connectivity index (χ1n) is 5.93. The molecule has 16 heavy (non-hydrogen) atoms. The van der Waals surface area contributed by atoms with Gasteiger partial charge in [0, 0.05) is 6.42 Å². The number of esters is 1. The van der Waals surface area contributed by atoms with Crippen LogP contribution in [0.25, 0.3) is 0 Å². The Labute approximate surface area is 97.9 Å². The summed E-state index contributed by atoms with van der Waals surface area (Å²) in [4.78, 5) is 22.8. The fourth-order valence-corrected chi connectivity index (χ4v) is 1.38. The van der Waals surface area contributed by atoms with Gasteiger partial charge in [-0.15, -0.1) is 6.58 Å². The Bertz CT molecular complexity index is 233. The molecule has 1 atom stereocenters. The first-order chi connectivity index (χ1) is 7.63. The number of carbonyl (C=O) groups is 2. The summed E-state index contributed by atoms with van der Waals surface area (Å²) in [7, 11) is 0. The van der Waals surface area contributed by atoms with E-state index in [2.05, 4.69) is 6.58 Å². The van der Waals surface area contributed by atoms with Crippen LogP contribution in [-0.2, 0) is 14.3 Å².